The third-order valence-corrected chi connectivity index (χ3v) is 7.59. The Balaban J connectivity index is 3.15. The summed E-state index contributed by atoms with van der Waals surface area (Å²) in [6, 6.07) is -0.276. The van der Waals surface area contributed by atoms with Crippen LogP contribution in [0, 0.1) is 5.92 Å². The summed E-state index contributed by atoms with van der Waals surface area (Å²) in [6.45, 7) is 17.0. The van der Waals surface area contributed by atoms with E-state index in [1.54, 1.807) is 0 Å². The molecular weight excluding hydrogens is 452 g/mol. The van der Waals surface area contributed by atoms with Gasteiger partial charge in [0.05, 0.1) is 23.3 Å². The summed E-state index contributed by atoms with van der Waals surface area (Å²) in [5.41, 5.74) is -0.875. The standard InChI is InChI=1S/C25H50N2O6Si/c1-24(2,3)32-27(19-28)21(17-20-13-10-9-11-14-20)22(18-26-16-12-15-23(29)30)31-34(7,8)33-25(4,5)6/h19-22,26H,9-18H2,1-8H3,(H,29,30)/t21-,22-/m0/s1. The van der Waals surface area contributed by atoms with Crippen molar-refractivity contribution in [1.29, 1.82) is 0 Å². The summed E-state index contributed by atoms with van der Waals surface area (Å²) in [7, 11) is -2.57. The number of aliphatic carboxylic acids is 1. The number of hydroxylamine groups is 2. The lowest BCUT2D eigenvalue weighted by molar-refractivity contribution is -0.244. The molecule has 0 unspecified atom stereocenters. The van der Waals surface area contributed by atoms with E-state index in [1.165, 1.54) is 24.3 Å². The maximum absolute atomic E-state index is 12.3. The molecule has 2 N–H and O–H groups in total. The molecule has 0 aromatic carbocycles. The average Bonchev–Trinajstić information content (AvgIpc) is 2.67. The maximum atomic E-state index is 12.3. The molecule has 0 saturated heterocycles. The Morgan fingerprint density at radius 3 is 2.24 bits per heavy atom. The van der Waals surface area contributed by atoms with Crippen molar-refractivity contribution in [2.24, 2.45) is 5.92 Å². The number of hydrogen-bond acceptors (Lipinski definition) is 6. The number of carboxylic acid groups (broad SMARTS) is 1. The summed E-state index contributed by atoms with van der Waals surface area (Å²) in [4.78, 5) is 29.2. The Morgan fingerprint density at radius 1 is 1.12 bits per heavy atom. The zero-order valence-electron chi connectivity index (χ0n) is 22.8. The monoisotopic (exact) mass is 502 g/mol. The fourth-order valence-electron chi connectivity index (χ4n) is 4.66. The number of hydrogen-bond donors (Lipinski definition) is 2. The number of rotatable bonds is 15. The molecule has 1 fully saturated rings. The third kappa shape index (κ3) is 13.8. The van der Waals surface area contributed by atoms with Crippen molar-refractivity contribution in [1.82, 2.24) is 10.4 Å². The first-order valence-corrected chi connectivity index (χ1v) is 15.7. The SMILES string of the molecule is CC(C)(C)ON(C=O)[C@@H](CC1CCCCC1)[C@H](CNCCCC(=O)O)O[Si](C)(C)OC(C)(C)C. The zero-order chi connectivity index (χ0) is 26.0. The van der Waals surface area contributed by atoms with Gasteiger partial charge in [-0.1, -0.05) is 32.1 Å². The molecule has 34 heavy (non-hydrogen) atoms. The molecule has 200 valence electrons. The Hall–Kier alpha value is -1.00. The molecular formula is C25H50N2O6Si. The summed E-state index contributed by atoms with van der Waals surface area (Å²) < 4.78 is 13.0. The molecule has 2 atom stereocenters. The molecule has 1 rings (SSSR count). The molecule has 1 aliphatic carbocycles. The average molecular weight is 503 g/mol. The van der Waals surface area contributed by atoms with Gasteiger partial charge in [0, 0.05) is 13.0 Å². The Morgan fingerprint density at radius 2 is 1.74 bits per heavy atom. The maximum Gasteiger partial charge on any atom is 0.332 e. The first-order chi connectivity index (χ1) is 15.6. The molecule has 0 aliphatic heterocycles. The second-order valence-electron chi connectivity index (χ2n) is 11.9. The van der Waals surface area contributed by atoms with Crippen molar-refractivity contribution < 1.29 is 28.4 Å². The number of carboxylic acids is 1. The van der Waals surface area contributed by atoms with E-state index in [0.29, 0.717) is 25.4 Å². The first kappa shape index (κ1) is 31.0. The van der Waals surface area contributed by atoms with Crippen LogP contribution in [-0.4, -0.2) is 67.5 Å². The van der Waals surface area contributed by atoms with Crippen molar-refractivity contribution >= 4 is 20.9 Å². The van der Waals surface area contributed by atoms with E-state index in [1.807, 2.05) is 54.6 Å². The number of carbonyl (C=O) groups excluding carboxylic acids is 1. The molecule has 9 heteroatoms. The Bertz CT molecular complexity index is 612. The lowest BCUT2D eigenvalue weighted by Crippen LogP contribution is -2.56. The van der Waals surface area contributed by atoms with E-state index in [2.05, 4.69) is 5.32 Å². The van der Waals surface area contributed by atoms with E-state index < -0.39 is 20.1 Å². The molecule has 0 aromatic heterocycles. The van der Waals surface area contributed by atoms with Gasteiger partial charge in [0.25, 0.3) is 0 Å². The fraction of sp³-hybridized carbons (Fsp3) is 0.920. The second kappa shape index (κ2) is 13.9. The molecule has 0 aromatic rings. The highest BCUT2D eigenvalue weighted by Crippen LogP contribution is 2.32. The fourth-order valence-corrected chi connectivity index (χ4v) is 7.15. The minimum absolute atomic E-state index is 0.116. The number of amides is 1. The highest BCUT2D eigenvalue weighted by molar-refractivity contribution is 6.64. The van der Waals surface area contributed by atoms with Crippen LogP contribution < -0.4 is 5.32 Å². The number of carbonyl (C=O) groups is 2. The third-order valence-electron chi connectivity index (χ3n) is 5.62. The van der Waals surface area contributed by atoms with E-state index in [9.17, 15) is 9.59 Å². The highest BCUT2D eigenvalue weighted by Gasteiger charge is 2.40. The molecule has 0 radical (unpaired) electrons. The smallest absolute Gasteiger partial charge is 0.332 e. The number of nitrogens with zero attached hydrogens (tertiary/aromatic N) is 1. The molecule has 1 amide bonds. The van der Waals surface area contributed by atoms with Crippen LogP contribution in [0.2, 0.25) is 13.1 Å². The summed E-state index contributed by atoms with van der Waals surface area (Å²) in [5, 5.41) is 13.8. The van der Waals surface area contributed by atoms with Crippen LogP contribution in [0.5, 0.6) is 0 Å². The van der Waals surface area contributed by atoms with Crippen LogP contribution in [0.25, 0.3) is 0 Å². The van der Waals surface area contributed by atoms with Gasteiger partial charge < -0.3 is 19.3 Å². The van der Waals surface area contributed by atoms with Crippen molar-refractivity contribution in [3.63, 3.8) is 0 Å². The minimum atomic E-state index is -2.57. The first-order valence-electron chi connectivity index (χ1n) is 12.8. The predicted molar refractivity (Wildman–Crippen MR) is 137 cm³/mol. The Labute approximate surface area is 208 Å². The van der Waals surface area contributed by atoms with Gasteiger partial charge in [-0.3, -0.25) is 14.4 Å². The van der Waals surface area contributed by atoms with E-state index in [-0.39, 0.29) is 24.2 Å². The van der Waals surface area contributed by atoms with Gasteiger partial charge in [-0.05, 0) is 79.9 Å². The molecule has 0 heterocycles. The van der Waals surface area contributed by atoms with Gasteiger partial charge in [-0.2, -0.15) is 0 Å². The lowest BCUT2D eigenvalue weighted by Gasteiger charge is -2.42. The molecule has 8 nitrogen and oxygen atoms in total. The van der Waals surface area contributed by atoms with Gasteiger partial charge in [0.15, 0.2) is 0 Å². The van der Waals surface area contributed by atoms with Gasteiger partial charge in [0.2, 0.25) is 6.41 Å². The van der Waals surface area contributed by atoms with Crippen LogP contribution in [0.3, 0.4) is 0 Å². The van der Waals surface area contributed by atoms with Crippen molar-refractivity contribution in [3.05, 3.63) is 0 Å². The normalized spacial score (nSPS) is 17.9. The van der Waals surface area contributed by atoms with Gasteiger partial charge >= 0.3 is 14.5 Å². The van der Waals surface area contributed by atoms with Crippen molar-refractivity contribution in [2.45, 2.75) is 129 Å². The topological polar surface area (TPSA) is 97.3 Å². The number of nitrogens with one attached hydrogen (secondary N) is 1. The van der Waals surface area contributed by atoms with Crippen LogP contribution in [0.1, 0.15) is 92.9 Å². The summed E-state index contributed by atoms with van der Waals surface area (Å²) >= 11 is 0. The van der Waals surface area contributed by atoms with E-state index in [4.69, 9.17) is 18.8 Å². The minimum Gasteiger partial charge on any atom is -0.481 e. The van der Waals surface area contributed by atoms with Crippen LogP contribution >= 0.6 is 0 Å². The van der Waals surface area contributed by atoms with Crippen LogP contribution in [-0.2, 0) is 23.3 Å². The second-order valence-corrected chi connectivity index (χ2v) is 15.2. The quantitative estimate of drug-likeness (QED) is 0.143. The summed E-state index contributed by atoms with van der Waals surface area (Å²) in [6.07, 6.45) is 7.87. The van der Waals surface area contributed by atoms with Gasteiger partial charge in [-0.25, -0.2) is 5.06 Å². The van der Waals surface area contributed by atoms with Crippen LogP contribution in [0.4, 0.5) is 0 Å². The van der Waals surface area contributed by atoms with Crippen LogP contribution in [0.15, 0.2) is 0 Å². The largest absolute Gasteiger partial charge is 0.481 e. The summed E-state index contributed by atoms with van der Waals surface area (Å²) in [5.74, 6) is -0.293. The molecule has 1 saturated carbocycles. The highest BCUT2D eigenvalue weighted by atomic mass is 28.4. The van der Waals surface area contributed by atoms with Gasteiger partial charge in [-0.15, -0.1) is 0 Å². The molecule has 0 bridgehead atoms. The van der Waals surface area contributed by atoms with Gasteiger partial charge in [0.1, 0.15) is 0 Å². The molecule has 0 spiro atoms. The predicted octanol–water partition coefficient (Wildman–Crippen LogP) is 4.87. The van der Waals surface area contributed by atoms with E-state index in [0.717, 1.165) is 25.7 Å². The molecule has 1 aliphatic rings. The van der Waals surface area contributed by atoms with Crippen molar-refractivity contribution in [3.8, 4) is 0 Å². The van der Waals surface area contributed by atoms with Crippen molar-refractivity contribution in [2.75, 3.05) is 13.1 Å². The van der Waals surface area contributed by atoms with E-state index >= 15 is 0 Å². The zero-order valence-corrected chi connectivity index (χ0v) is 23.8. The Kier molecular flexibility index (Phi) is 12.7. The lowest BCUT2D eigenvalue weighted by atomic mass is 9.83.